The van der Waals surface area contributed by atoms with Crippen LogP contribution in [0.1, 0.15) is 20.8 Å². The first-order chi connectivity index (χ1) is 11.7. The Hall–Kier alpha value is -2.73. The van der Waals surface area contributed by atoms with Crippen LogP contribution < -0.4 is 10.1 Å². The monoisotopic (exact) mass is 342 g/mol. The summed E-state index contributed by atoms with van der Waals surface area (Å²) in [6.07, 6.45) is 2.09. The van der Waals surface area contributed by atoms with Crippen LogP contribution in [-0.2, 0) is 6.42 Å². The summed E-state index contributed by atoms with van der Waals surface area (Å²) in [5, 5.41) is 3.22. The Morgan fingerprint density at radius 3 is 2.75 bits per heavy atom. The number of nitrogens with one attached hydrogen (secondary N) is 1. The van der Waals surface area contributed by atoms with E-state index < -0.39 is 0 Å². The zero-order chi connectivity index (χ0) is 16.9. The average Bonchev–Trinajstić information content (AvgIpc) is 3.04. The maximum Gasteiger partial charge on any atom is 0.261 e. The van der Waals surface area contributed by atoms with Crippen LogP contribution in [0.15, 0.2) is 54.7 Å². The van der Waals surface area contributed by atoms with Crippen molar-refractivity contribution in [3.8, 4) is 5.75 Å². The number of carbonyl (C=O) groups is 1. The molecule has 0 bridgehead atoms. The Morgan fingerprint density at radius 1 is 1.21 bits per heavy atom. The zero-order valence-electron chi connectivity index (χ0n) is 13.0. The van der Waals surface area contributed by atoms with E-state index in [0.717, 1.165) is 4.88 Å². The van der Waals surface area contributed by atoms with Crippen LogP contribution in [0.5, 0.6) is 5.75 Å². The number of anilines is 1. The third-order valence-corrected chi connectivity index (χ3v) is 4.36. The second-order valence-electron chi connectivity index (χ2n) is 5.05. The van der Waals surface area contributed by atoms with E-state index in [1.165, 1.54) is 24.5 Å². The fourth-order valence-corrected chi connectivity index (χ4v) is 3.10. The van der Waals surface area contributed by atoms with Gasteiger partial charge in [0.1, 0.15) is 11.6 Å². The molecular weight excluding hydrogens is 327 g/mol. The van der Waals surface area contributed by atoms with E-state index in [1.807, 2.05) is 0 Å². The van der Waals surface area contributed by atoms with Crippen molar-refractivity contribution in [2.45, 2.75) is 6.42 Å². The van der Waals surface area contributed by atoms with E-state index in [9.17, 15) is 9.18 Å². The molecule has 0 spiro atoms. The molecular formula is C18H15FN2O2S. The number of thiazole rings is 1. The van der Waals surface area contributed by atoms with Crippen molar-refractivity contribution in [3.63, 3.8) is 0 Å². The van der Waals surface area contributed by atoms with Crippen LogP contribution in [0.25, 0.3) is 0 Å². The minimum absolute atomic E-state index is 0.245. The summed E-state index contributed by atoms with van der Waals surface area (Å²) in [5.74, 6) is -0.0390. The molecule has 0 aliphatic rings. The molecule has 1 N–H and O–H groups in total. The van der Waals surface area contributed by atoms with Crippen LogP contribution >= 0.6 is 11.3 Å². The smallest absolute Gasteiger partial charge is 0.261 e. The number of para-hydroxylation sites is 1. The van der Waals surface area contributed by atoms with Crippen molar-refractivity contribution >= 4 is 22.4 Å². The number of nitrogens with zero attached hydrogens (tertiary/aromatic N) is 1. The molecule has 2 aromatic carbocycles. The van der Waals surface area contributed by atoms with E-state index in [1.54, 1.807) is 48.7 Å². The minimum Gasteiger partial charge on any atom is -0.496 e. The molecule has 24 heavy (non-hydrogen) atoms. The topological polar surface area (TPSA) is 51.2 Å². The highest BCUT2D eigenvalue weighted by atomic mass is 32.1. The van der Waals surface area contributed by atoms with Crippen molar-refractivity contribution in [2.75, 3.05) is 12.4 Å². The standard InChI is InChI=1S/C18H15FN2O2S/c1-23-16-9-5-3-7-14(16)17(22)21-18-20-11-13(24-18)10-12-6-2-4-8-15(12)19/h2-9,11H,10H2,1H3,(H,20,21,22). The Morgan fingerprint density at radius 2 is 1.96 bits per heavy atom. The summed E-state index contributed by atoms with van der Waals surface area (Å²) >= 11 is 1.32. The third kappa shape index (κ3) is 3.60. The van der Waals surface area contributed by atoms with Gasteiger partial charge in [-0.15, -0.1) is 11.3 Å². The molecule has 0 saturated carbocycles. The summed E-state index contributed by atoms with van der Waals surface area (Å²) in [5.41, 5.74) is 1.04. The lowest BCUT2D eigenvalue weighted by molar-refractivity contribution is 0.102. The van der Waals surface area contributed by atoms with Crippen molar-refractivity contribution in [2.24, 2.45) is 0 Å². The molecule has 1 aromatic heterocycles. The molecule has 6 heteroatoms. The Kier molecular flexibility index (Phi) is 4.86. The van der Waals surface area contributed by atoms with Crippen LogP contribution in [0.4, 0.5) is 9.52 Å². The van der Waals surface area contributed by atoms with Gasteiger partial charge in [-0.1, -0.05) is 30.3 Å². The number of hydrogen-bond acceptors (Lipinski definition) is 4. The summed E-state index contributed by atoms with van der Waals surface area (Å²) in [6.45, 7) is 0. The molecule has 4 nitrogen and oxygen atoms in total. The van der Waals surface area contributed by atoms with Gasteiger partial charge in [-0.2, -0.15) is 0 Å². The number of halogens is 1. The molecule has 0 fully saturated rings. The first-order valence-corrected chi connectivity index (χ1v) is 8.11. The molecule has 1 heterocycles. The highest BCUT2D eigenvalue weighted by Crippen LogP contribution is 2.24. The van der Waals surface area contributed by atoms with Gasteiger partial charge >= 0.3 is 0 Å². The minimum atomic E-state index is -0.292. The summed E-state index contributed by atoms with van der Waals surface area (Å²) < 4.78 is 18.9. The number of amides is 1. The molecule has 0 atom stereocenters. The molecule has 0 saturated heterocycles. The number of hydrogen-bond donors (Lipinski definition) is 1. The average molecular weight is 342 g/mol. The Bertz CT molecular complexity index is 863. The highest BCUT2D eigenvalue weighted by Gasteiger charge is 2.14. The number of methoxy groups -OCH3 is 1. The van der Waals surface area contributed by atoms with Crippen LogP contribution in [-0.4, -0.2) is 18.0 Å². The van der Waals surface area contributed by atoms with Crippen molar-refractivity contribution in [3.05, 3.63) is 76.5 Å². The molecule has 0 aliphatic heterocycles. The van der Waals surface area contributed by atoms with Gasteiger partial charge in [0.05, 0.1) is 12.7 Å². The van der Waals surface area contributed by atoms with Gasteiger partial charge in [0.2, 0.25) is 0 Å². The van der Waals surface area contributed by atoms with Crippen molar-refractivity contribution in [1.29, 1.82) is 0 Å². The molecule has 1 amide bonds. The van der Waals surface area contributed by atoms with Gasteiger partial charge in [-0.05, 0) is 23.8 Å². The van der Waals surface area contributed by atoms with E-state index >= 15 is 0 Å². The van der Waals surface area contributed by atoms with E-state index in [2.05, 4.69) is 10.3 Å². The molecule has 3 rings (SSSR count). The maximum atomic E-state index is 13.7. The summed E-state index contributed by atoms with van der Waals surface area (Å²) in [6, 6.07) is 13.6. The van der Waals surface area contributed by atoms with E-state index in [4.69, 9.17) is 4.74 Å². The lowest BCUT2D eigenvalue weighted by Gasteiger charge is -2.07. The van der Waals surface area contributed by atoms with Gasteiger partial charge in [-0.25, -0.2) is 9.37 Å². The molecule has 0 radical (unpaired) electrons. The number of benzene rings is 2. The first-order valence-electron chi connectivity index (χ1n) is 7.30. The quantitative estimate of drug-likeness (QED) is 0.758. The van der Waals surface area contributed by atoms with Gasteiger partial charge in [0.15, 0.2) is 5.13 Å². The summed E-state index contributed by atoms with van der Waals surface area (Å²) in [7, 11) is 1.52. The molecule has 0 unspecified atom stereocenters. The van der Waals surface area contributed by atoms with Gasteiger partial charge in [-0.3, -0.25) is 10.1 Å². The van der Waals surface area contributed by atoms with Crippen LogP contribution in [0.3, 0.4) is 0 Å². The molecule has 122 valence electrons. The Balaban J connectivity index is 1.72. The third-order valence-electron chi connectivity index (χ3n) is 3.45. The zero-order valence-corrected chi connectivity index (χ0v) is 13.8. The van der Waals surface area contributed by atoms with E-state index in [0.29, 0.717) is 28.4 Å². The number of ether oxygens (including phenoxy) is 1. The first kappa shape index (κ1) is 16.1. The van der Waals surface area contributed by atoms with Crippen molar-refractivity contribution in [1.82, 2.24) is 4.98 Å². The largest absolute Gasteiger partial charge is 0.496 e. The van der Waals surface area contributed by atoms with Crippen LogP contribution in [0.2, 0.25) is 0 Å². The number of aromatic nitrogens is 1. The van der Waals surface area contributed by atoms with Gasteiger partial charge < -0.3 is 4.74 Å². The lowest BCUT2D eigenvalue weighted by Crippen LogP contribution is -2.12. The molecule has 3 aromatic rings. The fraction of sp³-hybridized carbons (Fsp3) is 0.111. The van der Waals surface area contributed by atoms with Crippen molar-refractivity contribution < 1.29 is 13.9 Å². The maximum absolute atomic E-state index is 13.7. The van der Waals surface area contributed by atoms with Crippen LogP contribution in [0, 0.1) is 5.82 Å². The summed E-state index contributed by atoms with van der Waals surface area (Å²) in [4.78, 5) is 17.4. The second-order valence-corrected chi connectivity index (χ2v) is 6.17. The normalized spacial score (nSPS) is 10.4. The SMILES string of the molecule is COc1ccccc1C(=O)Nc1ncc(Cc2ccccc2F)s1. The predicted molar refractivity (Wildman–Crippen MR) is 92.3 cm³/mol. The van der Waals surface area contributed by atoms with E-state index in [-0.39, 0.29) is 11.7 Å². The number of carbonyl (C=O) groups excluding carboxylic acids is 1. The Labute approximate surface area is 142 Å². The second kappa shape index (κ2) is 7.23. The lowest BCUT2D eigenvalue weighted by atomic mass is 10.1. The van der Waals surface area contributed by atoms with Gasteiger partial charge in [0, 0.05) is 17.5 Å². The number of rotatable bonds is 5. The fourth-order valence-electron chi connectivity index (χ4n) is 2.27. The highest BCUT2D eigenvalue weighted by molar-refractivity contribution is 7.15. The molecule has 0 aliphatic carbocycles. The predicted octanol–water partition coefficient (Wildman–Crippen LogP) is 4.13. The van der Waals surface area contributed by atoms with Gasteiger partial charge in [0.25, 0.3) is 5.91 Å².